The van der Waals surface area contributed by atoms with Gasteiger partial charge >= 0.3 is 0 Å². The number of amidine groups is 1. The van der Waals surface area contributed by atoms with Gasteiger partial charge in [0, 0.05) is 18.7 Å². The molecule has 1 aromatic carbocycles. The van der Waals surface area contributed by atoms with E-state index in [1.54, 1.807) is 22.9 Å². The van der Waals surface area contributed by atoms with Crippen LogP contribution in [0.3, 0.4) is 0 Å². The van der Waals surface area contributed by atoms with E-state index < -0.39 is 0 Å². The zero-order chi connectivity index (χ0) is 19.7. The zero-order valence-corrected chi connectivity index (χ0v) is 17.1. The second-order valence-corrected chi connectivity index (χ2v) is 8.30. The van der Waals surface area contributed by atoms with E-state index in [0.717, 1.165) is 47.9 Å². The minimum Gasteiger partial charge on any atom is -0.351 e. The van der Waals surface area contributed by atoms with Gasteiger partial charge in [0.15, 0.2) is 5.17 Å². The average Bonchev–Trinajstić information content (AvgIpc) is 3.19. The predicted octanol–water partition coefficient (Wildman–Crippen LogP) is 4.49. The Labute approximate surface area is 172 Å². The molecule has 0 unspecified atom stereocenters. The number of aryl methyl sites for hydroxylation is 1. The fourth-order valence-electron chi connectivity index (χ4n) is 3.35. The van der Waals surface area contributed by atoms with Gasteiger partial charge in [0.05, 0.1) is 17.1 Å². The van der Waals surface area contributed by atoms with E-state index in [2.05, 4.69) is 15.0 Å². The Balaban J connectivity index is 1.54. The van der Waals surface area contributed by atoms with Crippen molar-refractivity contribution in [1.82, 2.24) is 14.7 Å². The number of halogens is 2. The third kappa shape index (κ3) is 4.00. The molecule has 0 spiro atoms. The molecule has 4 rings (SSSR count). The first-order chi connectivity index (χ1) is 13.5. The topological polar surface area (TPSA) is 50.5 Å². The highest BCUT2D eigenvalue weighted by Gasteiger charge is 2.27. The van der Waals surface area contributed by atoms with Crippen LogP contribution in [0, 0.1) is 12.7 Å². The molecule has 0 atom stereocenters. The van der Waals surface area contributed by atoms with Gasteiger partial charge in [-0.1, -0.05) is 23.7 Å². The first-order valence-electron chi connectivity index (χ1n) is 9.26. The number of likely N-dealkylation sites (tertiary alicyclic amines) is 1. The van der Waals surface area contributed by atoms with E-state index in [-0.39, 0.29) is 11.7 Å². The van der Waals surface area contributed by atoms with Crippen LogP contribution in [0.25, 0.3) is 6.08 Å². The maximum atomic E-state index is 13.1. The highest BCUT2D eigenvalue weighted by Crippen LogP contribution is 2.33. The number of aliphatic imine (C=N–C) groups is 1. The van der Waals surface area contributed by atoms with E-state index in [1.165, 1.54) is 30.3 Å². The van der Waals surface area contributed by atoms with Crippen LogP contribution in [0.2, 0.25) is 5.15 Å². The summed E-state index contributed by atoms with van der Waals surface area (Å²) < 4.78 is 14.8. The number of carbonyl (C=O) groups excluding carboxylic acids is 1. The molecule has 2 aliphatic heterocycles. The Morgan fingerprint density at radius 1 is 1.21 bits per heavy atom. The fraction of sp³-hybridized carbons (Fsp3) is 0.350. The fourth-order valence-corrected chi connectivity index (χ4v) is 4.58. The summed E-state index contributed by atoms with van der Waals surface area (Å²) in [5.74, 6) is -0.509. The maximum Gasteiger partial charge on any atom is 0.286 e. The van der Waals surface area contributed by atoms with Gasteiger partial charge in [0.2, 0.25) is 0 Å². The molecular weight excluding hydrogens is 399 g/mol. The summed E-state index contributed by atoms with van der Waals surface area (Å²) >= 11 is 7.94. The van der Waals surface area contributed by atoms with Gasteiger partial charge in [-0.15, -0.1) is 0 Å². The molecule has 0 saturated carbocycles. The smallest absolute Gasteiger partial charge is 0.286 e. The number of carbonyl (C=O) groups is 1. The van der Waals surface area contributed by atoms with Gasteiger partial charge in [-0.2, -0.15) is 10.1 Å². The molecule has 0 N–H and O–H groups in total. The molecule has 28 heavy (non-hydrogen) atoms. The number of rotatable bonds is 3. The van der Waals surface area contributed by atoms with Gasteiger partial charge in [-0.3, -0.25) is 4.79 Å². The van der Waals surface area contributed by atoms with Crippen molar-refractivity contribution in [3.63, 3.8) is 0 Å². The lowest BCUT2D eigenvalue weighted by Gasteiger charge is -2.27. The van der Waals surface area contributed by atoms with Crippen LogP contribution in [0.1, 0.15) is 36.1 Å². The Kier molecular flexibility index (Phi) is 5.55. The van der Waals surface area contributed by atoms with Gasteiger partial charge in [-0.05, 0) is 61.7 Å². The van der Waals surface area contributed by atoms with Crippen molar-refractivity contribution in [1.29, 1.82) is 0 Å². The number of hydrogen-bond donors (Lipinski definition) is 0. The van der Waals surface area contributed by atoms with Crippen molar-refractivity contribution in [2.45, 2.75) is 32.7 Å². The third-order valence-electron chi connectivity index (χ3n) is 4.87. The van der Waals surface area contributed by atoms with Crippen molar-refractivity contribution < 1.29 is 9.18 Å². The Bertz CT molecular complexity index is 961. The van der Waals surface area contributed by atoms with E-state index in [0.29, 0.717) is 16.6 Å². The molecular formula is C20H20ClFN4OS. The predicted molar refractivity (Wildman–Crippen MR) is 111 cm³/mol. The molecule has 3 heterocycles. The van der Waals surface area contributed by atoms with Gasteiger partial charge in [-0.25, -0.2) is 9.07 Å². The van der Waals surface area contributed by atoms with Crippen LogP contribution < -0.4 is 0 Å². The molecule has 2 aliphatic rings. The Morgan fingerprint density at radius 2 is 1.93 bits per heavy atom. The van der Waals surface area contributed by atoms with Crippen LogP contribution in [0.4, 0.5) is 4.39 Å². The largest absolute Gasteiger partial charge is 0.351 e. The highest BCUT2D eigenvalue weighted by atomic mass is 35.5. The molecule has 1 amide bonds. The summed E-state index contributed by atoms with van der Waals surface area (Å²) in [5, 5.41) is 5.72. The van der Waals surface area contributed by atoms with E-state index in [1.807, 2.05) is 6.92 Å². The number of thioether (sulfide) groups is 1. The highest BCUT2D eigenvalue weighted by molar-refractivity contribution is 8.18. The quantitative estimate of drug-likeness (QED) is 0.689. The van der Waals surface area contributed by atoms with E-state index in [9.17, 15) is 9.18 Å². The third-order valence-corrected chi connectivity index (χ3v) is 6.31. The first kappa shape index (κ1) is 19.2. The summed E-state index contributed by atoms with van der Waals surface area (Å²) in [6, 6.07) is 6.23. The molecule has 2 aromatic rings. The molecule has 8 heteroatoms. The Hall–Kier alpha value is -2.12. The molecule has 0 bridgehead atoms. The summed E-state index contributed by atoms with van der Waals surface area (Å²) in [4.78, 5) is 19.3. The normalized spacial score (nSPS) is 18.8. The van der Waals surface area contributed by atoms with Crippen molar-refractivity contribution in [2.24, 2.45) is 4.99 Å². The number of amides is 1. The molecule has 0 aliphatic carbocycles. The lowest BCUT2D eigenvalue weighted by atomic mass is 10.1. The monoisotopic (exact) mass is 418 g/mol. The van der Waals surface area contributed by atoms with Crippen molar-refractivity contribution in [3.8, 4) is 0 Å². The maximum absolute atomic E-state index is 13.1. The van der Waals surface area contributed by atoms with Crippen LogP contribution >= 0.6 is 23.4 Å². The SMILES string of the molecule is Cc1nn(Cc2ccc(F)cc2)c(Cl)c1/C=C1\SC(N2CCCCC2)=NC1=O. The summed E-state index contributed by atoms with van der Waals surface area (Å²) in [6.07, 6.45) is 5.27. The van der Waals surface area contributed by atoms with Crippen molar-refractivity contribution >= 4 is 40.5 Å². The molecule has 1 aromatic heterocycles. The molecule has 5 nitrogen and oxygen atoms in total. The van der Waals surface area contributed by atoms with E-state index in [4.69, 9.17) is 11.6 Å². The molecule has 1 saturated heterocycles. The standard InChI is InChI=1S/C20H20ClFN4OS/c1-13-16(18(21)26(24-13)12-14-5-7-15(22)8-6-14)11-17-19(27)23-20(28-17)25-9-3-2-4-10-25/h5-8,11H,2-4,9-10,12H2,1H3/b17-11-. The van der Waals surface area contributed by atoms with Crippen molar-refractivity contribution in [3.05, 3.63) is 57.0 Å². The lowest BCUT2D eigenvalue weighted by Crippen LogP contribution is -2.33. The van der Waals surface area contributed by atoms with Crippen LogP contribution in [0.15, 0.2) is 34.2 Å². The number of benzene rings is 1. The summed E-state index contributed by atoms with van der Waals surface area (Å²) in [7, 11) is 0. The average molecular weight is 419 g/mol. The molecule has 1 fully saturated rings. The number of hydrogen-bond acceptors (Lipinski definition) is 4. The van der Waals surface area contributed by atoms with Crippen LogP contribution in [0.5, 0.6) is 0 Å². The second kappa shape index (κ2) is 8.09. The second-order valence-electron chi connectivity index (χ2n) is 6.93. The minimum absolute atomic E-state index is 0.229. The lowest BCUT2D eigenvalue weighted by molar-refractivity contribution is -0.113. The van der Waals surface area contributed by atoms with Gasteiger partial charge < -0.3 is 4.90 Å². The van der Waals surface area contributed by atoms with Crippen LogP contribution in [-0.2, 0) is 11.3 Å². The molecule has 0 radical (unpaired) electrons. The van der Waals surface area contributed by atoms with E-state index >= 15 is 0 Å². The summed E-state index contributed by atoms with van der Waals surface area (Å²) in [5.41, 5.74) is 2.35. The minimum atomic E-state index is -0.279. The van der Waals surface area contributed by atoms with Crippen molar-refractivity contribution in [2.75, 3.05) is 13.1 Å². The van der Waals surface area contributed by atoms with Gasteiger partial charge in [0.1, 0.15) is 11.0 Å². The first-order valence-corrected chi connectivity index (χ1v) is 10.5. The molecule has 146 valence electrons. The summed E-state index contributed by atoms with van der Waals surface area (Å²) in [6.45, 7) is 4.18. The number of nitrogens with zero attached hydrogens (tertiary/aromatic N) is 4. The van der Waals surface area contributed by atoms with Gasteiger partial charge in [0.25, 0.3) is 5.91 Å². The number of piperidine rings is 1. The Morgan fingerprint density at radius 3 is 2.64 bits per heavy atom. The van der Waals surface area contributed by atoms with Crippen LogP contribution in [-0.4, -0.2) is 38.8 Å². The zero-order valence-electron chi connectivity index (χ0n) is 15.5. The number of aromatic nitrogens is 2.